The van der Waals surface area contributed by atoms with E-state index >= 15 is 0 Å². The van der Waals surface area contributed by atoms with Crippen molar-refractivity contribution in [1.29, 1.82) is 0 Å². The molecule has 0 aromatic heterocycles. The average molecular weight is 248 g/mol. The lowest BCUT2D eigenvalue weighted by Gasteiger charge is -2.17. The fraction of sp³-hybridized carbons (Fsp3) is 0.625. The summed E-state index contributed by atoms with van der Waals surface area (Å²) in [5, 5.41) is 0. The van der Waals surface area contributed by atoms with Gasteiger partial charge >= 0.3 is 0 Å². The van der Waals surface area contributed by atoms with E-state index in [2.05, 4.69) is 19.1 Å². The van der Waals surface area contributed by atoms with E-state index in [9.17, 15) is 0 Å². The number of hydrogen-bond donors (Lipinski definition) is 2. The summed E-state index contributed by atoms with van der Waals surface area (Å²) in [5.41, 5.74) is 13.5. The van der Waals surface area contributed by atoms with Crippen molar-refractivity contribution < 1.29 is 0 Å². The lowest BCUT2D eigenvalue weighted by molar-refractivity contribution is 0.479. The summed E-state index contributed by atoms with van der Waals surface area (Å²) < 4.78 is 0. The van der Waals surface area contributed by atoms with E-state index in [1.165, 1.54) is 37.7 Å². The maximum absolute atomic E-state index is 6.17. The molecule has 0 aliphatic carbocycles. The smallest absolute Gasteiger partial charge is 0.0309 e. The molecule has 1 aromatic rings. The first-order chi connectivity index (χ1) is 8.74. The second kappa shape index (κ2) is 9.12. The van der Waals surface area contributed by atoms with E-state index in [-0.39, 0.29) is 12.1 Å². The Balaban J connectivity index is 2.17. The summed E-state index contributed by atoms with van der Waals surface area (Å²) in [7, 11) is 0. The highest BCUT2D eigenvalue weighted by Crippen LogP contribution is 2.17. The number of benzene rings is 1. The molecule has 4 N–H and O–H groups in total. The molecule has 0 aliphatic heterocycles. The van der Waals surface area contributed by atoms with Crippen molar-refractivity contribution in [3.8, 4) is 0 Å². The second-order valence-electron chi connectivity index (χ2n) is 5.22. The maximum atomic E-state index is 6.17. The Bertz CT molecular complexity index is 297. The Morgan fingerprint density at radius 3 is 2.28 bits per heavy atom. The molecule has 1 aromatic carbocycles. The minimum Gasteiger partial charge on any atom is -0.328 e. The average Bonchev–Trinajstić information content (AvgIpc) is 2.39. The van der Waals surface area contributed by atoms with Crippen LogP contribution in [0, 0.1) is 0 Å². The maximum Gasteiger partial charge on any atom is 0.0309 e. The van der Waals surface area contributed by atoms with Gasteiger partial charge in [0.05, 0.1) is 0 Å². The minimum absolute atomic E-state index is 0.0804. The Morgan fingerprint density at radius 2 is 1.61 bits per heavy atom. The molecule has 0 saturated heterocycles. The highest BCUT2D eigenvalue weighted by molar-refractivity contribution is 5.18. The molecule has 2 heteroatoms. The van der Waals surface area contributed by atoms with Crippen molar-refractivity contribution in [2.45, 2.75) is 64.0 Å². The van der Waals surface area contributed by atoms with Crippen LogP contribution in [-0.4, -0.2) is 6.04 Å². The summed E-state index contributed by atoms with van der Waals surface area (Å²) in [6.07, 6.45) is 8.52. The van der Waals surface area contributed by atoms with Crippen molar-refractivity contribution in [2.75, 3.05) is 0 Å². The van der Waals surface area contributed by atoms with E-state index in [1.54, 1.807) is 0 Å². The normalized spacial score (nSPS) is 14.4. The van der Waals surface area contributed by atoms with Gasteiger partial charge in [-0.05, 0) is 18.4 Å². The van der Waals surface area contributed by atoms with Crippen LogP contribution < -0.4 is 11.5 Å². The van der Waals surface area contributed by atoms with Gasteiger partial charge in [-0.2, -0.15) is 0 Å². The zero-order valence-corrected chi connectivity index (χ0v) is 11.6. The Kier molecular flexibility index (Phi) is 7.70. The Hall–Kier alpha value is -0.860. The van der Waals surface area contributed by atoms with Crippen molar-refractivity contribution >= 4 is 0 Å². The van der Waals surface area contributed by atoms with Crippen molar-refractivity contribution in [3.05, 3.63) is 35.9 Å². The van der Waals surface area contributed by atoms with Crippen LogP contribution in [0.1, 0.15) is 63.5 Å². The molecule has 18 heavy (non-hydrogen) atoms. The summed E-state index contributed by atoms with van der Waals surface area (Å²) in [5.74, 6) is 0. The lowest BCUT2D eigenvalue weighted by Crippen LogP contribution is -2.26. The van der Waals surface area contributed by atoms with Crippen molar-refractivity contribution in [2.24, 2.45) is 11.5 Å². The molecule has 0 saturated carbocycles. The monoisotopic (exact) mass is 248 g/mol. The molecule has 0 bridgehead atoms. The predicted octanol–water partition coefficient (Wildman–Crippen LogP) is 3.76. The molecule has 2 nitrogen and oxygen atoms in total. The standard InChI is InChI=1S/C16H28N2/c1-2-3-4-5-9-12-15(17)13-16(18)14-10-7-6-8-11-14/h6-8,10-11,15-16H,2-5,9,12-13,17-18H2,1H3. The van der Waals surface area contributed by atoms with Crippen molar-refractivity contribution in [3.63, 3.8) is 0 Å². The molecule has 0 radical (unpaired) electrons. The first kappa shape index (κ1) is 15.2. The fourth-order valence-electron chi connectivity index (χ4n) is 2.29. The number of nitrogens with two attached hydrogens (primary N) is 2. The zero-order valence-electron chi connectivity index (χ0n) is 11.6. The highest BCUT2D eigenvalue weighted by atomic mass is 14.7. The van der Waals surface area contributed by atoms with E-state index in [4.69, 9.17) is 11.5 Å². The minimum atomic E-state index is 0.0804. The van der Waals surface area contributed by atoms with E-state index < -0.39 is 0 Å². The van der Waals surface area contributed by atoms with Gasteiger partial charge in [-0.1, -0.05) is 69.4 Å². The molecular weight excluding hydrogens is 220 g/mol. The SMILES string of the molecule is CCCCCCCC(N)CC(N)c1ccccc1. The molecule has 2 unspecified atom stereocenters. The molecular formula is C16H28N2. The third-order valence-electron chi connectivity index (χ3n) is 3.46. The van der Waals surface area contributed by atoms with E-state index in [0.29, 0.717) is 0 Å². The van der Waals surface area contributed by atoms with Gasteiger partial charge in [-0.3, -0.25) is 0 Å². The summed E-state index contributed by atoms with van der Waals surface area (Å²) in [6, 6.07) is 10.6. The van der Waals surface area contributed by atoms with Gasteiger partial charge in [0.15, 0.2) is 0 Å². The quantitative estimate of drug-likeness (QED) is 0.654. The third-order valence-corrected chi connectivity index (χ3v) is 3.46. The highest BCUT2D eigenvalue weighted by Gasteiger charge is 2.10. The van der Waals surface area contributed by atoms with Crippen LogP contribution in [0.25, 0.3) is 0 Å². The van der Waals surface area contributed by atoms with Crippen molar-refractivity contribution in [1.82, 2.24) is 0 Å². The number of rotatable bonds is 9. The van der Waals surface area contributed by atoms with E-state index in [1.807, 2.05) is 18.2 Å². The molecule has 1 rings (SSSR count). The van der Waals surface area contributed by atoms with Crippen LogP contribution in [0.3, 0.4) is 0 Å². The van der Waals surface area contributed by atoms with Crippen LogP contribution in [0.4, 0.5) is 0 Å². The van der Waals surface area contributed by atoms with Gasteiger partial charge in [0.25, 0.3) is 0 Å². The van der Waals surface area contributed by atoms with Gasteiger partial charge in [0.2, 0.25) is 0 Å². The van der Waals surface area contributed by atoms with Crippen LogP contribution in [0.5, 0.6) is 0 Å². The first-order valence-corrected chi connectivity index (χ1v) is 7.30. The summed E-state index contributed by atoms with van der Waals surface area (Å²) in [6.45, 7) is 2.24. The van der Waals surface area contributed by atoms with Gasteiger partial charge in [-0.15, -0.1) is 0 Å². The van der Waals surface area contributed by atoms with Crippen LogP contribution in [0.15, 0.2) is 30.3 Å². The molecule has 0 heterocycles. The second-order valence-corrected chi connectivity index (χ2v) is 5.22. The topological polar surface area (TPSA) is 52.0 Å². The molecule has 0 aliphatic rings. The first-order valence-electron chi connectivity index (χ1n) is 7.30. The van der Waals surface area contributed by atoms with Crippen LogP contribution in [0.2, 0.25) is 0 Å². The van der Waals surface area contributed by atoms with Crippen LogP contribution in [-0.2, 0) is 0 Å². The number of unbranched alkanes of at least 4 members (excludes halogenated alkanes) is 4. The molecule has 2 atom stereocenters. The van der Waals surface area contributed by atoms with Gasteiger partial charge in [-0.25, -0.2) is 0 Å². The van der Waals surface area contributed by atoms with Crippen LogP contribution >= 0.6 is 0 Å². The molecule has 0 spiro atoms. The van der Waals surface area contributed by atoms with Gasteiger partial charge in [0, 0.05) is 12.1 Å². The van der Waals surface area contributed by atoms with Gasteiger partial charge < -0.3 is 11.5 Å². The third kappa shape index (κ3) is 6.18. The largest absolute Gasteiger partial charge is 0.328 e. The predicted molar refractivity (Wildman–Crippen MR) is 79.3 cm³/mol. The Morgan fingerprint density at radius 1 is 0.944 bits per heavy atom. The van der Waals surface area contributed by atoms with E-state index in [0.717, 1.165) is 12.8 Å². The van der Waals surface area contributed by atoms with Gasteiger partial charge in [0.1, 0.15) is 0 Å². The molecule has 102 valence electrons. The summed E-state index contributed by atoms with van der Waals surface area (Å²) >= 11 is 0. The molecule has 0 fully saturated rings. The number of hydrogen-bond acceptors (Lipinski definition) is 2. The molecule has 0 amide bonds. The zero-order chi connectivity index (χ0) is 13.2. The fourth-order valence-corrected chi connectivity index (χ4v) is 2.29. The summed E-state index contributed by atoms with van der Waals surface area (Å²) in [4.78, 5) is 0. The lowest BCUT2D eigenvalue weighted by atomic mass is 9.97. The Labute approximate surface area is 112 Å².